The summed E-state index contributed by atoms with van der Waals surface area (Å²) in [6, 6.07) is 0. The van der Waals surface area contributed by atoms with Gasteiger partial charge in [-0.3, -0.25) is 0 Å². The number of aliphatic imine (C=N–C) groups is 1. The highest BCUT2D eigenvalue weighted by Gasteiger charge is 2.30. The average Bonchev–Trinajstić information content (AvgIpc) is 2.04. The lowest BCUT2D eigenvalue weighted by molar-refractivity contribution is 0.381. The van der Waals surface area contributed by atoms with Gasteiger partial charge in [-0.15, -0.1) is 0 Å². The van der Waals surface area contributed by atoms with Crippen LogP contribution in [0, 0.1) is 0 Å². The Hall–Kier alpha value is -0.310. The zero-order valence-electron chi connectivity index (χ0n) is 6.31. The van der Waals surface area contributed by atoms with E-state index in [-0.39, 0.29) is 5.54 Å². The lowest BCUT2D eigenvalue weighted by Crippen LogP contribution is -2.14. The second kappa shape index (κ2) is 2.38. The maximum absolute atomic E-state index is 5.29. The Balaban J connectivity index is 2.92. The van der Waals surface area contributed by atoms with E-state index in [1.807, 2.05) is 20.8 Å². The van der Waals surface area contributed by atoms with Gasteiger partial charge in [-0.2, -0.15) is 0 Å². The van der Waals surface area contributed by atoms with Crippen molar-refractivity contribution < 1.29 is 4.74 Å². The maximum Gasteiger partial charge on any atom is 0.187 e. The van der Waals surface area contributed by atoms with Gasteiger partial charge in [-0.1, -0.05) is 15.9 Å². The molecular weight excluding hydrogens is 194 g/mol. The van der Waals surface area contributed by atoms with Crippen LogP contribution in [0.1, 0.15) is 20.8 Å². The molecule has 0 fully saturated rings. The van der Waals surface area contributed by atoms with E-state index in [4.69, 9.17) is 4.74 Å². The monoisotopic (exact) mass is 203 g/mol. The molecule has 0 aliphatic carbocycles. The average molecular weight is 204 g/mol. The second-order valence-electron chi connectivity index (χ2n) is 2.77. The first kappa shape index (κ1) is 7.79. The van der Waals surface area contributed by atoms with E-state index < -0.39 is 0 Å². The first-order chi connectivity index (χ1) is 4.56. The minimum Gasteiger partial charge on any atom is -0.445 e. The Morgan fingerprint density at radius 1 is 1.60 bits per heavy atom. The fourth-order valence-corrected chi connectivity index (χ4v) is 1.56. The van der Waals surface area contributed by atoms with Crippen LogP contribution in [-0.2, 0) is 4.74 Å². The fourth-order valence-electron chi connectivity index (χ4n) is 0.911. The molecule has 0 aromatic rings. The topological polar surface area (TPSA) is 21.6 Å². The molecule has 1 rings (SSSR count). The highest BCUT2D eigenvalue weighted by Crippen LogP contribution is 2.29. The highest BCUT2D eigenvalue weighted by atomic mass is 79.9. The molecule has 2 nitrogen and oxygen atoms in total. The van der Waals surface area contributed by atoms with Gasteiger partial charge in [-0.05, 0) is 13.8 Å². The van der Waals surface area contributed by atoms with Crippen molar-refractivity contribution >= 4 is 21.8 Å². The van der Waals surface area contributed by atoms with Crippen molar-refractivity contribution in [2.24, 2.45) is 4.99 Å². The first-order valence-corrected chi connectivity index (χ1v) is 4.03. The van der Waals surface area contributed by atoms with Crippen LogP contribution < -0.4 is 0 Å². The predicted molar refractivity (Wildman–Crippen MR) is 45.3 cm³/mol. The summed E-state index contributed by atoms with van der Waals surface area (Å²) < 4.78 is 5.29. The molecule has 1 aliphatic rings. The third kappa shape index (κ3) is 1.24. The molecule has 0 bridgehead atoms. The third-order valence-corrected chi connectivity index (χ3v) is 1.81. The summed E-state index contributed by atoms with van der Waals surface area (Å²) >= 11 is 3.22. The van der Waals surface area contributed by atoms with Crippen LogP contribution in [0.3, 0.4) is 0 Å². The molecular formula is C7H10BrNO. The predicted octanol–water partition coefficient (Wildman–Crippen LogP) is 2.45. The van der Waals surface area contributed by atoms with Crippen LogP contribution in [0.2, 0.25) is 0 Å². The van der Waals surface area contributed by atoms with E-state index in [2.05, 4.69) is 20.9 Å². The largest absolute Gasteiger partial charge is 0.445 e. The maximum atomic E-state index is 5.29. The van der Waals surface area contributed by atoms with Crippen molar-refractivity contribution in [3.8, 4) is 0 Å². The molecule has 0 amide bonds. The fraction of sp³-hybridized carbons (Fsp3) is 0.571. The Morgan fingerprint density at radius 3 is 2.40 bits per heavy atom. The van der Waals surface area contributed by atoms with Gasteiger partial charge in [0.2, 0.25) is 0 Å². The van der Waals surface area contributed by atoms with Gasteiger partial charge in [0.25, 0.3) is 0 Å². The summed E-state index contributed by atoms with van der Waals surface area (Å²) in [6.07, 6.45) is 0. The number of hydrogen-bond acceptors (Lipinski definition) is 2. The van der Waals surface area contributed by atoms with E-state index in [1.165, 1.54) is 0 Å². The highest BCUT2D eigenvalue weighted by molar-refractivity contribution is 9.11. The smallest absolute Gasteiger partial charge is 0.187 e. The van der Waals surface area contributed by atoms with Crippen LogP contribution in [0.15, 0.2) is 15.7 Å². The Kier molecular flexibility index (Phi) is 1.86. The third-order valence-electron chi connectivity index (χ3n) is 1.40. The van der Waals surface area contributed by atoms with E-state index in [9.17, 15) is 0 Å². The normalized spacial score (nSPS) is 26.4. The van der Waals surface area contributed by atoms with Gasteiger partial charge in [0.05, 0.1) is 0 Å². The molecule has 0 N–H and O–H groups in total. The molecule has 1 aliphatic heterocycles. The lowest BCUT2D eigenvalue weighted by Gasteiger charge is -2.12. The van der Waals surface area contributed by atoms with Crippen molar-refractivity contribution in [3.63, 3.8) is 0 Å². The van der Waals surface area contributed by atoms with Crippen molar-refractivity contribution in [1.29, 1.82) is 0 Å². The van der Waals surface area contributed by atoms with E-state index in [0.29, 0.717) is 0 Å². The van der Waals surface area contributed by atoms with Gasteiger partial charge in [0.1, 0.15) is 11.3 Å². The molecule has 10 heavy (non-hydrogen) atoms. The molecule has 0 unspecified atom stereocenters. The van der Waals surface area contributed by atoms with Gasteiger partial charge in [0.15, 0.2) is 5.90 Å². The minimum absolute atomic E-state index is 0.187. The van der Waals surface area contributed by atoms with Crippen LogP contribution in [-0.4, -0.2) is 11.4 Å². The zero-order chi connectivity index (χ0) is 7.78. The molecule has 0 aromatic carbocycles. The minimum atomic E-state index is -0.187. The van der Waals surface area contributed by atoms with Gasteiger partial charge >= 0.3 is 0 Å². The Bertz CT molecular complexity index is 206. The molecule has 56 valence electrons. The summed E-state index contributed by atoms with van der Waals surface area (Å²) in [5.41, 5.74) is -0.187. The molecule has 0 spiro atoms. The molecule has 0 aromatic heterocycles. The molecule has 3 heteroatoms. The van der Waals surface area contributed by atoms with E-state index in [0.717, 1.165) is 11.7 Å². The molecule has 0 saturated heterocycles. The number of nitrogens with zero attached hydrogens (tertiary/aromatic N) is 1. The lowest BCUT2D eigenvalue weighted by atomic mass is 10.1. The van der Waals surface area contributed by atoms with Crippen molar-refractivity contribution in [3.05, 3.63) is 10.7 Å². The van der Waals surface area contributed by atoms with Crippen molar-refractivity contribution in [2.45, 2.75) is 26.3 Å². The summed E-state index contributed by atoms with van der Waals surface area (Å²) in [5, 5.41) is 0. The Morgan fingerprint density at radius 2 is 2.20 bits per heavy atom. The van der Waals surface area contributed by atoms with Crippen LogP contribution in [0.5, 0.6) is 0 Å². The summed E-state index contributed by atoms with van der Waals surface area (Å²) in [4.78, 5) is 6.04. The van der Waals surface area contributed by atoms with Crippen LogP contribution in [0.25, 0.3) is 0 Å². The summed E-state index contributed by atoms with van der Waals surface area (Å²) in [6.45, 7) is 5.87. The van der Waals surface area contributed by atoms with Crippen LogP contribution >= 0.6 is 15.9 Å². The van der Waals surface area contributed by atoms with Crippen LogP contribution in [0.4, 0.5) is 0 Å². The quantitative estimate of drug-likeness (QED) is 0.593. The number of rotatable bonds is 0. The molecule has 0 atom stereocenters. The van der Waals surface area contributed by atoms with Gasteiger partial charge in [-0.25, -0.2) is 4.99 Å². The van der Waals surface area contributed by atoms with Crippen molar-refractivity contribution in [2.75, 3.05) is 0 Å². The molecule has 0 saturated carbocycles. The van der Waals surface area contributed by atoms with E-state index in [1.54, 1.807) is 4.99 Å². The standard InChI is InChI=1S/C7H10BrNO/c1-5-9-7(2,3)6(4-8)10-5/h4H,1-3H3. The molecule has 0 radical (unpaired) electrons. The van der Waals surface area contributed by atoms with Crippen molar-refractivity contribution in [1.82, 2.24) is 0 Å². The molecule has 1 heterocycles. The first-order valence-electron chi connectivity index (χ1n) is 3.11. The summed E-state index contributed by atoms with van der Waals surface area (Å²) in [7, 11) is 0. The summed E-state index contributed by atoms with van der Waals surface area (Å²) in [5.74, 6) is 1.60. The van der Waals surface area contributed by atoms with Gasteiger partial charge < -0.3 is 4.74 Å². The Labute approximate surface area is 69.1 Å². The number of halogens is 1. The van der Waals surface area contributed by atoms with Gasteiger partial charge in [0, 0.05) is 11.9 Å². The second-order valence-corrected chi connectivity index (χ2v) is 3.22. The number of ether oxygens (including phenoxy) is 1. The van der Waals surface area contributed by atoms with E-state index >= 15 is 0 Å². The zero-order valence-corrected chi connectivity index (χ0v) is 7.90. The SMILES string of the molecule is CC1=NC(C)(C)C(=CBr)O1. The number of hydrogen-bond donors (Lipinski definition) is 0.